The summed E-state index contributed by atoms with van der Waals surface area (Å²) >= 11 is 0. The fourth-order valence-corrected chi connectivity index (χ4v) is 12.0. The number of hydrogen-bond acceptors (Lipinski definition) is 14. The number of Topliss-reactive ketones (excluding diaryl/α,β-unsaturated/α-hetero) is 2. The molecule has 19 heteroatoms. The van der Waals surface area contributed by atoms with Gasteiger partial charge in [-0.05, 0) is 68.5 Å². The Labute approximate surface area is 470 Å². The Kier molecular flexibility index (Phi) is 26.5. The lowest BCUT2D eigenvalue weighted by Crippen LogP contribution is -2.54. The number of amides is 5. The monoisotopic (exact) mass is 1110 g/mol. The molecule has 4 heterocycles. The fourth-order valence-electron chi connectivity index (χ4n) is 12.0. The Morgan fingerprint density at radius 1 is 0.810 bits per heavy atom. The number of likely N-dealkylation sites (N-methyl/N-ethyl adjacent to an activating group) is 2. The molecule has 444 valence electrons. The van der Waals surface area contributed by atoms with Crippen LogP contribution in [0.5, 0.6) is 0 Å². The van der Waals surface area contributed by atoms with Crippen LogP contribution in [0.15, 0.2) is 30.5 Å². The number of ketones is 2. The van der Waals surface area contributed by atoms with E-state index in [1.54, 1.807) is 33.1 Å². The molecule has 5 rings (SSSR count). The Bertz CT molecular complexity index is 2280. The quantitative estimate of drug-likeness (QED) is 0.0587. The van der Waals surface area contributed by atoms with Gasteiger partial charge in [-0.1, -0.05) is 80.0 Å². The second kappa shape index (κ2) is 32.1. The van der Waals surface area contributed by atoms with E-state index in [2.05, 4.69) is 18.8 Å². The minimum Gasteiger partial charge on any atom is -0.379 e. The summed E-state index contributed by atoms with van der Waals surface area (Å²) in [6, 6.07) is 6.58. The van der Waals surface area contributed by atoms with Crippen molar-refractivity contribution in [2.75, 3.05) is 101 Å². The van der Waals surface area contributed by atoms with Crippen LogP contribution < -0.4 is 0 Å². The van der Waals surface area contributed by atoms with Crippen LogP contribution in [0.25, 0.3) is 10.9 Å². The molecule has 3 fully saturated rings. The highest BCUT2D eigenvalue weighted by Crippen LogP contribution is 2.33. The third-order valence-corrected chi connectivity index (χ3v) is 16.8. The van der Waals surface area contributed by atoms with Gasteiger partial charge >= 0.3 is 0 Å². The number of nitrogens with zero attached hydrogens (tertiary/aromatic N) is 5. The van der Waals surface area contributed by atoms with E-state index in [9.17, 15) is 33.6 Å². The van der Waals surface area contributed by atoms with Crippen LogP contribution in [0.1, 0.15) is 119 Å². The normalized spacial score (nSPS) is 20.3. The summed E-state index contributed by atoms with van der Waals surface area (Å²) < 4.78 is 29.3. The van der Waals surface area contributed by atoms with Crippen molar-refractivity contribution in [1.82, 2.24) is 29.6 Å². The number of nitrogens with one attached hydrogen (secondary N) is 1. The molecule has 2 aromatic rings. The number of rotatable bonds is 35. The fraction of sp³-hybridized carbons (Fsp3) is 0.750. The van der Waals surface area contributed by atoms with Gasteiger partial charge in [0.1, 0.15) is 5.78 Å². The van der Waals surface area contributed by atoms with Crippen molar-refractivity contribution >= 4 is 52.0 Å². The Morgan fingerprint density at radius 2 is 1.49 bits per heavy atom. The maximum absolute atomic E-state index is 14.8. The lowest BCUT2D eigenvalue weighted by Gasteiger charge is -2.41. The number of imide groups is 1. The van der Waals surface area contributed by atoms with Gasteiger partial charge in [0.15, 0.2) is 5.78 Å². The molecule has 5 amide bonds. The standard InChI is InChI=1S/C60H96N6O13/c1-13-41(6)56(63(10)60(73)47(39(2)3)36-51(68)55(40(4)5)62(9)24-27-76-29-31-78-32-30-77-28-25-65-53(69)33-42(7)58(65)71)52(74-11)37-54(70)64-22-18-21-49(64)57(75-12)43(8)50(67)35-44(59(72)66-23-16-17-26-79-66)34-45-38-61-48-20-15-14-19-46(45)48/h14-15,19-20,38-44,47,49,52,55-57,61H,13,16-18,21-37H2,1-12H3/t41-,42?,43-,44+,47-,49-,52+,55-,56-,57+/m0/s1. The minimum atomic E-state index is -0.669. The number of hydroxylamine groups is 2. The molecule has 10 atom stereocenters. The van der Waals surface area contributed by atoms with Crippen molar-refractivity contribution in [1.29, 1.82) is 0 Å². The molecule has 79 heavy (non-hydrogen) atoms. The Hall–Kier alpha value is -4.63. The number of hydrogen-bond donors (Lipinski definition) is 1. The zero-order valence-electron chi connectivity index (χ0n) is 49.7. The van der Waals surface area contributed by atoms with Gasteiger partial charge in [-0.25, -0.2) is 5.06 Å². The van der Waals surface area contributed by atoms with Crippen LogP contribution in [0.4, 0.5) is 0 Å². The average Bonchev–Trinajstić information content (AvgIpc) is 4.24. The van der Waals surface area contributed by atoms with Crippen LogP contribution in [0, 0.1) is 41.4 Å². The number of aromatic nitrogens is 1. The Balaban J connectivity index is 1.16. The number of aromatic amines is 1. The van der Waals surface area contributed by atoms with E-state index in [1.165, 1.54) is 9.96 Å². The highest BCUT2D eigenvalue weighted by Gasteiger charge is 2.44. The van der Waals surface area contributed by atoms with Crippen LogP contribution in [-0.4, -0.2) is 202 Å². The lowest BCUT2D eigenvalue weighted by atomic mass is 9.83. The number of H-pyrrole nitrogens is 1. The zero-order valence-corrected chi connectivity index (χ0v) is 49.7. The van der Waals surface area contributed by atoms with Crippen LogP contribution in [0.2, 0.25) is 0 Å². The first kappa shape index (κ1) is 65.2. The average molecular weight is 1110 g/mol. The summed E-state index contributed by atoms with van der Waals surface area (Å²) in [4.78, 5) is 112. The van der Waals surface area contributed by atoms with Crippen LogP contribution in [-0.2, 0) is 68.5 Å². The number of benzene rings is 1. The zero-order chi connectivity index (χ0) is 57.9. The van der Waals surface area contributed by atoms with E-state index >= 15 is 0 Å². The largest absolute Gasteiger partial charge is 0.379 e. The predicted octanol–water partition coefficient (Wildman–Crippen LogP) is 6.39. The molecular weight excluding hydrogens is 1010 g/mol. The van der Waals surface area contributed by atoms with Crippen LogP contribution >= 0.6 is 0 Å². The molecule has 1 aromatic heterocycles. The van der Waals surface area contributed by atoms with Crippen molar-refractivity contribution in [2.24, 2.45) is 41.4 Å². The van der Waals surface area contributed by atoms with Gasteiger partial charge in [0.2, 0.25) is 29.5 Å². The van der Waals surface area contributed by atoms with Crippen LogP contribution in [0.3, 0.4) is 0 Å². The maximum Gasteiger partial charge on any atom is 0.250 e. The smallest absolute Gasteiger partial charge is 0.250 e. The van der Waals surface area contributed by atoms with Gasteiger partial charge in [0.25, 0.3) is 0 Å². The van der Waals surface area contributed by atoms with Gasteiger partial charge in [-0.15, -0.1) is 0 Å². The topological polar surface area (TPSA) is 207 Å². The molecular formula is C60H96N6O13. The molecule has 0 bridgehead atoms. The second-order valence-electron chi connectivity index (χ2n) is 23.0. The number of carbonyl (C=O) groups is 7. The summed E-state index contributed by atoms with van der Waals surface area (Å²) in [7, 11) is 6.81. The summed E-state index contributed by atoms with van der Waals surface area (Å²) in [6.07, 6.45) is 5.02. The SMILES string of the molecule is CC[C@H](C)[C@@H]([C@@H](CC(=O)N1CCC[C@H]1[C@H](OC)[C@@H](C)C(=O)C[C@@H](Cc1c[nH]c2ccccc12)C(=O)N1CCCCO1)OC)N(C)C(=O)[C@@H](CC(=O)[C@H](C(C)C)N(C)CCOCCOCCOCCN1C(=O)CC(C)C1=O)C(C)C. The first-order valence-electron chi connectivity index (χ1n) is 29.2. The van der Waals surface area contributed by atoms with Crippen molar-refractivity contribution in [2.45, 2.75) is 150 Å². The first-order valence-corrected chi connectivity index (χ1v) is 29.2. The minimum absolute atomic E-state index is 0.00388. The number of methoxy groups -OCH3 is 2. The summed E-state index contributed by atoms with van der Waals surface area (Å²) in [5.41, 5.74) is 1.91. The molecule has 0 radical (unpaired) electrons. The molecule has 1 aromatic carbocycles. The van der Waals surface area contributed by atoms with E-state index in [1.807, 2.05) is 81.9 Å². The van der Waals surface area contributed by atoms with Crippen molar-refractivity contribution < 1.29 is 62.1 Å². The molecule has 19 nitrogen and oxygen atoms in total. The van der Waals surface area contributed by atoms with Gasteiger partial charge < -0.3 is 38.5 Å². The molecule has 0 spiro atoms. The van der Waals surface area contributed by atoms with Gasteiger partial charge in [-0.3, -0.25) is 48.2 Å². The molecule has 3 aliphatic rings. The number of carbonyl (C=O) groups excluding carboxylic acids is 7. The van der Waals surface area contributed by atoms with Gasteiger partial charge in [0, 0.05) is 95.0 Å². The van der Waals surface area contributed by atoms with Crippen molar-refractivity contribution in [3.8, 4) is 0 Å². The summed E-state index contributed by atoms with van der Waals surface area (Å²) in [5.74, 6) is -3.44. The Morgan fingerprint density at radius 3 is 2.10 bits per heavy atom. The second-order valence-corrected chi connectivity index (χ2v) is 23.0. The predicted molar refractivity (Wildman–Crippen MR) is 300 cm³/mol. The molecule has 3 aliphatic heterocycles. The molecule has 1 N–H and O–H groups in total. The van der Waals surface area contributed by atoms with E-state index in [4.69, 9.17) is 28.5 Å². The number of likely N-dealkylation sites (tertiary alicyclic amines) is 2. The first-order chi connectivity index (χ1) is 37.7. The third-order valence-electron chi connectivity index (χ3n) is 16.8. The van der Waals surface area contributed by atoms with E-state index in [-0.39, 0.29) is 104 Å². The molecule has 3 saturated heterocycles. The number of para-hydroxylation sites is 1. The summed E-state index contributed by atoms with van der Waals surface area (Å²) in [6.45, 7) is 19.8. The number of ether oxygens (including phenoxy) is 5. The van der Waals surface area contributed by atoms with Gasteiger partial charge in [-0.2, -0.15) is 0 Å². The molecule has 1 unspecified atom stereocenters. The van der Waals surface area contributed by atoms with Crippen molar-refractivity contribution in [3.05, 3.63) is 36.0 Å². The van der Waals surface area contributed by atoms with Crippen molar-refractivity contribution in [3.63, 3.8) is 0 Å². The highest BCUT2D eigenvalue weighted by molar-refractivity contribution is 6.03. The van der Waals surface area contributed by atoms with E-state index in [0.717, 1.165) is 35.7 Å². The molecule has 0 aliphatic carbocycles. The van der Waals surface area contributed by atoms with E-state index in [0.29, 0.717) is 78.5 Å². The summed E-state index contributed by atoms with van der Waals surface area (Å²) in [5, 5.41) is 2.43. The highest BCUT2D eigenvalue weighted by atomic mass is 16.7. The number of fused-ring (bicyclic) bond motifs is 1. The lowest BCUT2D eigenvalue weighted by molar-refractivity contribution is -0.201. The maximum atomic E-state index is 14.8. The third kappa shape index (κ3) is 17.7. The van der Waals surface area contributed by atoms with E-state index < -0.39 is 48.1 Å². The molecule has 0 saturated carbocycles. The van der Waals surface area contributed by atoms with Gasteiger partial charge in [0.05, 0.1) is 95.5 Å².